The zero-order chi connectivity index (χ0) is 28.1. The summed E-state index contributed by atoms with van der Waals surface area (Å²) in [5, 5.41) is 0. The van der Waals surface area contributed by atoms with Crippen molar-refractivity contribution in [3.63, 3.8) is 0 Å². The van der Waals surface area contributed by atoms with Gasteiger partial charge in [0.05, 0.1) is 17.2 Å². The topological polar surface area (TPSA) is 6.02 Å². The van der Waals surface area contributed by atoms with E-state index in [1.165, 1.54) is 6.07 Å². The van der Waals surface area contributed by atoms with Crippen molar-refractivity contribution in [2.24, 2.45) is 0 Å². The Morgan fingerprint density at radius 2 is 1.27 bits per heavy atom. The molecular formula is C30H38F6N2SSm. The molecule has 222 valence electrons. The smallest absolute Gasteiger partial charge is 0.358 e. The first kappa shape index (κ1) is 35.2. The van der Waals surface area contributed by atoms with E-state index in [1.807, 2.05) is 13.8 Å². The second-order valence-corrected chi connectivity index (χ2v) is 11.9. The van der Waals surface area contributed by atoms with Crippen molar-refractivity contribution in [3.8, 4) is 0 Å². The first-order chi connectivity index (χ1) is 17.9. The van der Waals surface area contributed by atoms with Gasteiger partial charge in [0.25, 0.3) is 0 Å². The molecule has 0 fully saturated rings. The van der Waals surface area contributed by atoms with Crippen LogP contribution in [0.2, 0.25) is 0 Å². The van der Waals surface area contributed by atoms with E-state index < -0.39 is 46.0 Å². The summed E-state index contributed by atoms with van der Waals surface area (Å²) in [4.78, 5) is 0. The molecule has 0 amide bonds. The molecular weight excluding hydrogens is 685 g/mol. The fraction of sp³-hybridized carbons (Fsp3) is 0.500. The summed E-state index contributed by atoms with van der Waals surface area (Å²) < 4.78 is 94.7. The van der Waals surface area contributed by atoms with Crippen LogP contribution < -0.4 is 0 Å². The van der Waals surface area contributed by atoms with Crippen LogP contribution in [0.1, 0.15) is 98.5 Å². The van der Waals surface area contributed by atoms with E-state index in [2.05, 4.69) is 0 Å². The normalized spacial score (nSPS) is 20.6. The summed E-state index contributed by atoms with van der Waals surface area (Å²) in [6.45, 7) is 10.6. The van der Waals surface area contributed by atoms with E-state index in [-0.39, 0.29) is 59.1 Å². The van der Waals surface area contributed by atoms with Crippen LogP contribution in [0.25, 0.3) is 5.57 Å². The fourth-order valence-corrected chi connectivity index (χ4v) is 8.13. The molecule has 10 heteroatoms. The molecule has 0 bridgehead atoms. The van der Waals surface area contributed by atoms with Crippen molar-refractivity contribution < 1.29 is 73.7 Å². The minimum atomic E-state index is -4.70. The molecule has 3 aliphatic rings. The zero-order valence-electron chi connectivity index (χ0n) is 24.2. The second-order valence-electron chi connectivity index (χ2n) is 10.3. The number of nitrogens with zero attached hydrogens (tertiary/aromatic N) is 2. The minimum Gasteiger partial charge on any atom is -0.358 e. The van der Waals surface area contributed by atoms with Gasteiger partial charge in [-0.05, 0) is 56.8 Å². The Labute approximate surface area is 269 Å². The van der Waals surface area contributed by atoms with Crippen molar-refractivity contribution in [2.45, 2.75) is 99.0 Å². The quantitative estimate of drug-likeness (QED) is 0.0788. The first-order valence-electron chi connectivity index (χ1n) is 13.3. The van der Waals surface area contributed by atoms with E-state index in [1.54, 1.807) is 27.7 Å². The van der Waals surface area contributed by atoms with Crippen molar-refractivity contribution in [1.29, 1.82) is 0 Å². The predicted molar refractivity (Wildman–Crippen MR) is 148 cm³/mol. The molecule has 0 radical (unpaired) electrons. The summed E-state index contributed by atoms with van der Waals surface area (Å²) in [6.07, 6.45) is 6.28. The van der Waals surface area contributed by atoms with E-state index in [9.17, 15) is 8.78 Å². The molecule has 0 aromatic heterocycles. The van der Waals surface area contributed by atoms with Crippen LogP contribution in [-0.4, -0.2) is 25.4 Å². The van der Waals surface area contributed by atoms with Gasteiger partial charge >= 0.3 is 11.2 Å². The molecule has 1 unspecified atom stereocenters. The number of unbranched alkanes of at least 4 members (excludes halogenated alkanes) is 4. The molecule has 1 aromatic carbocycles. The summed E-state index contributed by atoms with van der Waals surface area (Å²) >= 11 is -4.70. The Bertz CT molecular complexity index is 1330. The number of allylic oxidation sites excluding steroid dienone is 3. The first-order valence-corrected chi connectivity index (χ1v) is 14.7. The van der Waals surface area contributed by atoms with Crippen LogP contribution in [0, 0.1) is 77.2 Å². The van der Waals surface area contributed by atoms with E-state index in [4.69, 9.17) is 0 Å². The van der Waals surface area contributed by atoms with Gasteiger partial charge < -0.3 is 7.43 Å². The molecule has 1 atom stereocenters. The molecule has 2 nitrogen and oxygen atoms in total. The van der Waals surface area contributed by atoms with Gasteiger partial charge in [-0.3, -0.25) is 8.78 Å². The Morgan fingerprint density at radius 1 is 0.775 bits per heavy atom. The molecule has 4 rings (SSSR count). The minimum absolute atomic E-state index is 0. The maximum atomic E-state index is 16.6. The van der Waals surface area contributed by atoms with Gasteiger partial charge in [-0.1, -0.05) is 43.5 Å². The molecule has 1 aromatic rings. The summed E-state index contributed by atoms with van der Waals surface area (Å²) in [5.41, 5.74) is 1.92. The third kappa shape index (κ3) is 5.56. The fourth-order valence-electron chi connectivity index (χ4n) is 6.10. The third-order valence-corrected chi connectivity index (χ3v) is 9.85. The number of hydrogen-bond acceptors (Lipinski definition) is 0. The average Bonchev–Trinajstić information content (AvgIpc) is 3.26. The van der Waals surface area contributed by atoms with E-state index >= 15 is 16.6 Å². The van der Waals surface area contributed by atoms with Crippen molar-refractivity contribution in [1.82, 2.24) is 0 Å². The van der Waals surface area contributed by atoms with Gasteiger partial charge in [-0.2, -0.15) is 0 Å². The largest absolute Gasteiger partial charge is 0.528 e. The van der Waals surface area contributed by atoms with Gasteiger partial charge in [0.2, 0.25) is 17.5 Å². The van der Waals surface area contributed by atoms with Crippen molar-refractivity contribution in [3.05, 3.63) is 70.3 Å². The van der Waals surface area contributed by atoms with Crippen molar-refractivity contribution >= 4 is 28.2 Å². The Hall–Kier alpha value is -0.952. The van der Waals surface area contributed by atoms with Gasteiger partial charge in [0, 0.05) is 88.2 Å². The molecule has 0 saturated carbocycles. The number of rotatable bonds is 9. The standard InChI is InChI=1S/C29H35F6N2S.CH3.Sm/c1-7-9-11-13-20-16(3)28-25(24-26(32)22(30)15-23(31)27(24)33)29-17(4)21(14-12-10-8-2)19(6)37(29)38(34,35)36(28)18(20)5;;/h28H,7-14H2,1-6H3;1H3;/q+1;-1;. The maximum Gasteiger partial charge on any atom is 0.528 e. The van der Waals surface area contributed by atoms with Crippen LogP contribution in [0.5, 0.6) is 0 Å². The zero-order valence-corrected chi connectivity index (χ0v) is 27.6. The molecule has 0 aliphatic carbocycles. The van der Waals surface area contributed by atoms with E-state index in [0.717, 1.165) is 46.5 Å². The van der Waals surface area contributed by atoms with Crippen molar-refractivity contribution in [2.75, 3.05) is 0 Å². The third-order valence-electron chi connectivity index (χ3n) is 8.00. The number of fused-ring (bicyclic) bond motifs is 2. The summed E-state index contributed by atoms with van der Waals surface area (Å²) in [5.74, 6) is -6.61. The maximum absolute atomic E-state index is 16.6. The number of hydrogen-bond donors (Lipinski definition) is 0. The molecule has 40 heavy (non-hydrogen) atoms. The van der Waals surface area contributed by atoms with Gasteiger partial charge in [-0.25, -0.2) is 8.78 Å². The predicted octanol–water partition coefficient (Wildman–Crippen LogP) is 9.76. The Balaban J connectivity index is 0.00000280. The van der Waals surface area contributed by atoms with Crippen LogP contribution in [0.4, 0.5) is 25.3 Å². The number of benzene rings is 1. The molecule has 3 aliphatic heterocycles. The molecule has 0 spiro atoms. The SMILES string of the molecule is CCCCCC1=C(C)C2=C(c3c(F)c(F)[c-]c(F)c3F)C3C(C)=C(CCCCC)C(C)=[N+]3S(F)(F)[N+]2=C1C.[CH3-].[Sm]. The number of halogens is 6. The van der Waals surface area contributed by atoms with Gasteiger partial charge in [0.15, 0.2) is 5.71 Å². The Kier molecular flexibility index (Phi) is 12.0. The van der Waals surface area contributed by atoms with Gasteiger partial charge in [0.1, 0.15) is 0 Å². The molecule has 0 saturated heterocycles. The van der Waals surface area contributed by atoms with Crippen LogP contribution in [-0.2, 0) is 0 Å². The van der Waals surface area contributed by atoms with Crippen LogP contribution in [0.3, 0.4) is 0 Å². The summed E-state index contributed by atoms with van der Waals surface area (Å²) in [7, 11) is 0. The van der Waals surface area contributed by atoms with Crippen LogP contribution >= 0.6 is 11.2 Å². The molecule has 3 heterocycles. The monoisotopic (exact) mass is 724 g/mol. The van der Waals surface area contributed by atoms with E-state index in [0.29, 0.717) is 46.6 Å². The summed E-state index contributed by atoms with van der Waals surface area (Å²) in [6, 6.07) is 0.193. The average molecular weight is 723 g/mol. The Morgan fingerprint density at radius 3 is 1.77 bits per heavy atom. The molecule has 0 N–H and O–H groups in total. The second kappa shape index (κ2) is 13.6. The van der Waals surface area contributed by atoms with Crippen LogP contribution in [0.15, 0.2) is 28.0 Å². The van der Waals surface area contributed by atoms with Gasteiger partial charge in [-0.15, -0.1) is 6.07 Å².